The van der Waals surface area contributed by atoms with Crippen LogP contribution in [-0.4, -0.2) is 48.6 Å². The van der Waals surface area contributed by atoms with Gasteiger partial charge in [-0.1, -0.05) is 12.1 Å². The Labute approximate surface area is 111 Å². The maximum atomic E-state index is 12.7. The lowest BCUT2D eigenvalue weighted by atomic mass is 10.1. The summed E-state index contributed by atoms with van der Waals surface area (Å²) in [6, 6.07) is 4.74. The molecule has 1 aromatic carbocycles. The molecule has 1 atom stereocenters. The van der Waals surface area contributed by atoms with E-state index in [2.05, 4.69) is 5.32 Å². The molecule has 2 N–H and O–H groups in total. The zero-order chi connectivity index (χ0) is 14.4. The summed E-state index contributed by atoms with van der Waals surface area (Å²) < 4.78 is 12.7. The summed E-state index contributed by atoms with van der Waals surface area (Å²) >= 11 is 0. The first kappa shape index (κ1) is 15.1. The molecule has 6 heteroatoms. The molecule has 0 saturated carbocycles. The average molecular weight is 268 g/mol. The molecule has 1 aromatic rings. The maximum Gasteiger partial charge on any atom is 0.330 e. The van der Waals surface area contributed by atoms with E-state index < -0.39 is 17.9 Å². The number of aliphatic carboxylic acids is 1. The number of hydrogen-bond donors (Lipinski definition) is 2. The highest BCUT2D eigenvalue weighted by atomic mass is 19.1. The highest BCUT2D eigenvalue weighted by molar-refractivity contribution is 6.01. The number of carboxylic acids is 1. The topological polar surface area (TPSA) is 69.6 Å². The van der Waals surface area contributed by atoms with Gasteiger partial charge in [-0.3, -0.25) is 10.1 Å². The lowest BCUT2D eigenvalue weighted by Gasteiger charge is -2.21. The van der Waals surface area contributed by atoms with E-state index >= 15 is 0 Å². The third-order valence-corrected chi connectivity index (χ3v) is 2.81. The number of rotatable bonds is 6. The fourth-order valence-corrected chi connectivity index (χ4v) is 1.63. The molecule has 0 spiro atoms. The van der Waals surface area contributed by atoms with Crippen LogP contribution in [0.25, 0.3) is 0 Å². The van der Waals surface area contributed by atoms with Crippen LogP contribution in [0, 0.1) is 5.82 Å². The van der Waals surface area contributed by atoms with Crippen molar-refractivity contribution in [1.29, 1.82) is 0 Å². The molecule has 19 heavy (non-hydrogen) atoms. The molecule has 0 aliphatic rings. The zero-order valence-electron chi connectivity index (χ0n) is 10.9. The van der Waals surface area contributed by atoms with Crippen LogP contribution < -0.4 is 5.32 Å². The van der Waals surface area contributed by atoms with Gasteiger partial charge in [-0.15, -0.1) is 0 Å². The number of benzene rings is 1. The summed E-state index contributed by atoms with van der Waals surface area (Å²) in [7, 11) is 2.96. The fraction of sp³-hybridized carbons (Fsp3) is 0.385. The Balaban J connectivity index is 2.55. The van der Waals surface area contributed by atoms with E-state index in [0.29, 0.717) is 13.0 Å². The van der Waals surface area contributed by atoms with E-state index in [0.717, 1.165) is 5.56 Å². The van der Waals surface area contributed by atoms with Gasteiger partial charge in [0.15, 0.2) is 6.04 Å². The van der Waals surface area contributed by atoms with E-state index in [1.807, 2.05) is 0 Å². The second kappa shape index (κ2) is 6.84. The van der Waals surface area contributed by atoms with E-state index in [1.54, 1.807) is 19.2 Å². The van der Waals surface area contributed by atoms with Crippen molar-refractivity contribution in [2.45, 2.75) is 12.5 Å². The summed E-state index contributed by atoms with van der Waals surface area (Å²) in [4.78, 5) is 24.0. The normalized spacial score (nSPS) is 11.9. The summed E-state index contributed by atoms with van der Waals surface area (Å²) in [6.45, 7) is 0.371. The standard InChI is InChI=1S/C13H17FN2O3/c1-15-11(13(18)19)12(17)16(2)8-7-9-3-5-10(14)6-4-9/h3-6,11,15H,7-8H2,1-2H3,(H,18,19). The van der Waals surface area contributed by atoms with E-state index in [1.165, 1.54) is 24.1 Å². The Morgan fingerprint density at radius 3 is 2.42 bits per heavy atom. The number of nitrogens with one attached hydrogen (secondary N) is 1. The van der Waals surface area contributed by atoms with Crippen molar-refractivity contribution in [3.8, 4) is 0 Å². The Bertz CT molecular complexity index is 448. The molecule has 1 rings (SSSR count). The van der Waals surface area contributed by atoms with Crippen LogP contribution in [0.4, 0.5) is 4.39 Å². The molecule has 104 valence electrons. The minimum atomic E-state index is -1.24. The zero-order valence-corrected chi connectivity index (χ0v) is 10.9. The molecule has 0 saturated heterocycles. The van der Waals surface area contributed by atoms with Crippen LogP contribution in [-0.2, 0) is 16.0 Å². The van der Waals surface area contributed by atoms with Gasteiger partial charge in [0, 0.05) is 13.6 Å². The second-order valence-corrected chi connectivity index (χ2v) is 4.20. The van der Waals surface area contributed by atoms with Gasteiger partial charge < -0.3 is 10.0 Å². The highest BCUT2D eigenvalue weighted by Crippen LogP contribution is 2.04. The maximum absolute atomic E-state index is 12.7. The van der Waals surface area contributed by atoms with Crippen molar-refractivity contribution in [3.63, 3.8) is 0 Å². The van der Waals surface area contributed by atoms with E-state index in [4.69, 9.17) is 5.11 Å². The van der Waals surface area contributed by atoms with Crippen molar-refractivity contribution < 1.29 is 19.1 Å². The van der Waals surface area contributed by atoms with Gasteiger partial charge in [-0.25, -0.2) is 9.18 Å². The Hall–Kier alpha value is -1.95. The third kappa shape index (κ3) is 4.33. The number of halogens is 1. The van der Waals surface area contributed by atoms with Crippen LogP contribution in [0.2, 0.25) is 0 Å². The minimum absolute atomic E-state index is 0.311. The number of amides is 1. The van der Waals surface area contributed by atoms with Crippen molar-refractivity contribution in [3.05, 3.63) is 35.6 Å². The molecule has 0 aromatic heterocycles. The Morgan fingerprint density at radius 1 is 1.37 bits per heavy atom. The SMILES string of the molecule is CNC(C(=O)O)C(=O)N(C)CCc1ccc(F)cc1. The molecule has 1 unspecified atom stereocenters. The smallest absolute Gasteiger partial charge is 0.330 e. The van der Waals surface area contributed by atoms with Crippen molar-refractivity contribution in [1.82, 2.24) is 10.2 Å². The third-order valence-electron chi connectivity index (χ3n) is 2.81. The molecule has 0 aliphatic carbocycles. The van der Waals surface area contributed by atoms with Crippen LogP contribution in [0.1, 0.15) is 5.56 Å². The Kier molecular flexibility index (Phi) is 5.44. The number of carbonyl (C=O) groups is 2. The van der Waals surface area contributed by atoms with Gasteiger partial charge in [-0.2, -0.15) is 0 Å². The number of nitrogens with zero attached hydrogens (tertiary/aromatic N) is 1. The summed E-state index contributed by atoms with van der Waals surface area (Å²) in [5.41, 5.74) is 0.886. The second-order valence-electron chi connectivity index (χ2n) is 4.20. The van der Waals surface area contributed by atoms with E-state index in [9.17, 15) is 14.0 Å². The average Bonchev–Trinajstić information content (AvgIpc) is 2.38. The van der Waals surface area contributed by atoms with Crippen LogP contribution in [0.15, 0.2) is 24.3 Å². The van der Waals surface area contributed by atoms with Crippen LogP contribution in [0.3, 0.4) is 0 Å². The Morgan fingerprint density at radius 2 is 1.95 bits per heavy atom. The summed E-state index contributed by atoms with van der Waals surface area (Å²) in [6.07, 6.45) is 0.540. The first-order valence-electron chi connectivity index (χ1n) is 5.85. The molecule has 0 heterocycles. The number of carboxylic acid groups (broad SMARTS) is 1. The number of hydrogen-bond acceptors (Lipinski definition) is 3. The molecule has 0 fully saturated rings. The predicted molar refractivity (Wildman–Crippen MR) is 68.2 cm³/mol. The molecule has 5 nitrogen and oxygen atoms in total. The lowest BCUT2D eigenvalue weighted by Crippen LogP contribution is -2.48. The van der Waals surface area contributed by atoms with Gasteiger partial charge in [0.25, 0.3) is 5.91 Å². The largest absolute Gasteiger partial charge is 0.480 e. The van der Waals surface area contributed by atoms with Gasteiger partial charge >= 0.3 is 5.97 Å². The molecule has 1 amide bonds. The quantitative estimate of drug-likeness (QED) is 0.737. The predicted octanol–water partition coefficient (Wildman–Crippen LogP) is 0.499. The molecule has 0 radical (unpaired) electrons. The van der Waals surface area contributed by atoms with E-state index in [-0.39, 0.29) is 5.82 Å². The monoisotopic (exact) mass is 268 g/mol. The van der Waals surface area contributed by atoms with Gasteiger partial charge in [0.1, 0.15) is 5.82 Å². The van der Waals surface area contributed by atoms with Gasteiger partial charge in [0.2, 0.25) is 0 Å². The summed E-state index contributed by atoms with van der Waals surface area (Å²) in [5.74, 6) is -2.02. The number of carbonyl (C=O) groups excluding carboxylic acids is 1. The number of likely N-dealkylation sites (N-methyl/N-ethyl adjacent to an activating group) is 2. The summed E-state index contributed by atoms with van der Waals surface area (Å²) in [5, 5.41) is 11.3. The fourth-order valence-electron chi connectivity index (χ4n) is 1.63. The first-order valence-corrected chi connectivity index (χ1v) is 5.85. The van der Waals surface area contributed by atoms with Crippen LogP contribution in [0.5, 0.6) is 0 Å². The van der Waals surface area contributed by atoms with Crippen molar-refractivity contribution in [2.24, 2.45) is 0 Å². The van der Waals surface area contributed by atoms with Crippen molar-refractivity contribution in [2.75, 3.05) is 20.6 Å². The van der Waals surface area contributed by atoms with Gasteiger partial charge in [0.05, 0.1) is 0 Å². The van der Waals surface area contributed by atoms with Crippen molar-refractivity contribution >= 4 is 11.9 Å². The molecular formula is C13H17FN2O3. The highest BCUT2D eigenvalue weighted by Gasteiger charge is 2.26. The van der Waals surface area contributed by atoms with Gasteiger partial charge in [-0.05, 0) is 31.2 Å². The van der Waals surface area contributed by atoms with Crippen LogP contribution >= 0.6 is 0 Å². The molecular weight excluding hydrogens is 251 g/mol. The lowest BCUT2D eigenvalue weighted by molar-refractivity contribution is -0.147. The minimum Gasteiger partial charge on any atom is -0.480 e. The molecule has 0 aliphatic heterocycles. The molecule has 0 bridgehead atoms. The first-order chi connectivity index (χ1) is 8.95.